The van der Waals surface area contributed by atoms with Gasteiger partial charge in [-0.15, -0.1) is 0 Å². The molecule has 17 heavy (non-hydrogen) atoms. The molecule has 5 heteroatoms. The van der Waals surface area contributed by atoms with Gasteiger partial charge < -0.3 is 5.73 Å². The van der Waals surface area contributed by atoms with E-state index < -0.39 is 17.5 Å². The van der Waals surface area contributed by atoms with Crippen LogP contribution in [0, 0.1) is 17.5 Å². The number of halogens is 3. The van der Waals surface area contributed by atoms with Gasteiger partial charge in [0.2, 0.25) is 0 Å². The van der Waals surface area contributed by atoms with Crippen LogP contribution in [0.15, 0.2) is 12.1 Å². The van der Waals surface area contributed by atoms with Crippen molar-refractivity contribution in [2.24, 2.45) is 5.73 Å². The lowest BCUT2D eigenvalue weighted by Crippen LogP contribution is -2.35. The molecule has 2 nitrogen and oxygen atoms in total. The molecule has 2 N–H and O–H groups in total. The summed E-state index contributed by atoms with van der Waals surface area (Å²) in [6.45, 7) is 4.09. The van der Waals surface area contributed by atoms with E-state index in [2.05, 4.69) is 0 Å². The zero-order valence-corrected chi connectivity index (χ0v) is 10.2. The van der Waals surface area contributed by atoms with Crippen molar-refractivity contribution in [3.8, 4) is 0 Å². The normalized spacial score (nSPS) is 13.5. The lowest BCUT2D eigenvalue weighted by atomic mass is 10.0. The second kappa shape index (κ2) is 5.51. The third-order valence-electron chi connectivity index (χ3n) is 2.92. The first-order valence-electron chi connectivity index (χ1n) is 5.45. The predicted molar refractivity (Wildman–Crippen MR) is 61.0 cm³/mol. The van der Waals surface area contributed by atoms with Gasteiger partial charge in [-0.3, -0.25) is 4.90 Å². The highest BCUT2D eigenvalue weighted by Crippen LogP contribution is 2.23. The summed E-state index contributed by atoms with van der Waals surface area (Å²) in [4.78, 5) is 1.88. The fourth-order valence-corrected chi connectivity index (χ4v) is 1.66. The summed E-state index contributed by atoms with van der Waals surface area (Å²) in [6, 6.07) is 1.82. The van der Waals surface area contributed by atoms with Crippen molar-refractivity contribution in [1.29, 1.82) is 0 Å². The first-order valence-corrected chi connectivity index (χ1v) is 5.45. The van der Waals surface area contributed by atoms with Gasteiger partial charge in [-0.05, 0) is 38.6 Å². The van der Waals surface area contributed by atoms with Gasteiger partial charge in [-0.25, -0.2) is 13.2 Å². The zero-order valence-electron chi connectivity index (χ0n) is 10.2. The summed E-state index contributed by atoms with van der Waals surface area (Å²) in [5.74, 6) is -3.82. The summed E-state index contributed by atoms with van der Waals surface area (Å²) >= 11 is 0. The summed E-state index contributed by atoms with van der Waals surface area (Å²) in [5, 5.41) is 0. The summed E-state index contributed by atoms with van der Waals surface area (Å²) < 4.78 is 39.1. The molecule has 0 spiro atoms. The van der Waals surface area contributed by atoms with Crippen LogP contribution in [0.2, 0.25) is 0 Å². The van der Waals surface area contributed by atoms with Crippen molar-refractivity contribution in [1.82, 2.24) is 4.90 Å². The average Bonchev–Trinajstić information content (AvgIpc) is 2.26. The number of likely N-dealkylation sites (N-methyl/N-ethyl adjacent to an activating group) is 1. The van der Waals surface area contributed by atoms with Gasteiger partial charge in [0, 0.05) is 18.6 Å². The van der Waals surface area contributed by atoms with E-state index in [1.54, 1.807) is 7.05 Å². The van der Waals surface area contributed by atoms with Crippen molar-refractivity contribution in [3.63, 3.8) is 0 Å². The number of benzene rings is 1. The van der Waals surface area contributed by atoms with Crippen molar-refractivity contribution in [2.75, 3.05) is 13.6 Å². The third kappa shape index (κ3) is 2.98. The first-order chi connectivity index (χ1) is 7.88. The Morgan fingerprint density at radius 1 is 1.18 bits per heavy atom. The molecule has 0 aliphatic rings. The molecule has 0 saturated heterocycles. The molecular formula is C12H17F3N2. The Kier molecular flexibility index (Phi) is 4.54. The van der Waals surface area contributed by atoms with Crippen LogP contribution < -0.4 is 5.73 Å². The van der Waals surface area contributed by atoms with Crippen molar-refractivity contribution < 1.29 is 13.2 Å². The topological polar surface area (TPSA) is 29.3 Å². The van der Waals surface area contributed by atoms with E-state index >= 15 is 0 Å². The van der Waals surface area contributed by atoms with Gasteiger partial charge in [-0.2, -0.15) is 0 Å². The Labute approximate surface area is 99.2 Å². The van der Waals surface area contributed by atoms with Gasteiger partial charge in [0.1, 0.15) is 0 Å². The van der Waals surface area contributed by atoms with Crippen LogP contribution in [0.25, 0.3) is 0 Å². The number of nitrogens with zero attached hydrogens (tertiary/aromatic N) is 1. The molecule has 1 unspecified atom stereocenters. The molecule has 0 bridgehead atoms. The Hall–Kier alpha value is -1.07. The maximum Gasteiger partial charge on any atom is 0.194 e. The summed E-state index contributed by atoms with van der Waals surface area (Å²) in [5.41, 5.74) is 5.95. The minimum absolute atomic E-state index is 0.166. The minimum Gasteiger partial charge on any atom is -0.329 e. The second-order valence-electron chi connectivity index (χ2n) is 4.31. The Balaban J connectivity index is 3.13. The van der Waals surface area contributed by atoms with Gasteiger partial charge in [0.25, 0.3) is 0 Å². The molecule has 0 aromatic heterocycles. The molecule has 0 fully saturated rings. The Morgan fingerprint density at radius 3 is 2.00 bits per heavy atom. The maximum atomic E-state index is 13.1. The van der Waals surface area contributed by atoms with Gasteiger partial charge in [0.05, 0.1) is 0 Å². The SMILES string of the molecule is CC(C)N(C)C(CN)c1cc(F)c(F)c(F)c1. The van der Waals surface area contributed by atoms with Crippen molar-refractivity contribution >= 4 is 0 Å². The number of hydrogen-bond donors (Lipinski definition) is 1. The van der Waals surface area contributed by atoms with Gasteiger partial charge in [0.15, 0.2) is 17.5 Å². The molecular weight excluding hydrogens is 229 g/mol. The standard InChI is InChI=1S/C12H17F3N2/c1-7(2)17(3)11(6-16)8-4-9(13)12(15)10(14)5-8/h4-5,7,11H,6,16H2,1-3H3. The van der Waals surface area contributed by atoms with Crippen LogP contribution in [-0.2, 0) is 0 Å². The van der Waals surface area contributed by atoms with Crippen LogP contribution in [0.5, 0.6) is 0 Å². The Bertz CT molecular complexity index is 370. The third-order valence-corrected chi connectivity index (χ3v) is 2.92. The highest BCUT2D eigenvalue weighted by molar-refractivity contribution is 5.23. The Morgan fingerprint density at radius 2 is 1.65 bits per heavy atom. The maximum absolute atomic E-state index is 13.1. The van der Waals surface area contributed by atoms with E-state index in [1.807, 2.05) is 18.7 Å². The first kappa shape index (κ1) is 14.0. The number of nitrogens with two attached hydrogens (primary N) is 1. The summed E-state index contributed by atoms with van der Waals surface area (Å²) in [7, 11) is 1.81. The van der Waals surface area contributed by atoms with E-state index in [4.69, 9.17) is 5.73 Å². The smallest absolute Gasteiger partial charge is 0.194 e. The predicted octanol–water partition coefficient (Wildman–Crippen LogP) is 2.44. The van der Waals surface area contributed by atoms with Crippen molar-refractivity contribution in [2.45, 2.75) is 25.9 Å². The summed E-state index contributed by atoms with van der Waals surface area (Å²) in [6.07, 6.45) is 0. The molecule has 1 rings (SSSR count). The van der Waals surface area contributed by atoms with Crippen LogP contribution in [0.4, 0.5) is 13.2 Å². The highest BCUT2D eigenvalue weighted by atomic mass is 19.2. The highest BCUT2D eigenvalue weighted by Gasteiger charge is 2.21. The van der Waals surface area contributed by atoms with Crippen LogP contribution in [0.1, 0.15) is 25.5 Å². The van der Waals surface area contributed by atoms with Crippen LogP contribution >= 0.6 is 0 Å². The quantitative estimate of drug-likeness (QED) is 0.827. The second-order valence-corrected chi connectivity index (χ2v) is 4.31. The van der Waals surface area contributed by atoms with E-state index in [-0.39, 0.29) is 18.6 Å². The zero-order chi connectivity index (χ0) is 13.2. The molecule has 1 aromatic rings. The van der Waals surface area contributed by atoms with Gasteiger partial charge in [-0.1, -0.05) is 0 Å². The van der Waals surface area contributed by atoms with E-state index in [1.165, 1.54) is 0 Å². The largest absolute Gasteiger partial charge is 0.329 e. The van der Waals surface area contributed by atoms with Crippen LogP contribution in [0.3, 0.4) is 0 Å². The fraction of sp³-hybridized carbons (Fsp3) is 0.500. The molecule has 0 amide bonds. The molecule has 96 valence electrons. The molecule has 0 radical (unpaired) electrons. The minimum atomic E-state index is -1.45. The molecule has 1 atom stereocenters. The lowest BCUT2D eigenvalue weighted by molar-refractivity contribution is 0.200. The molecule has 0 aliphatic carbocycles. The number of hydrogen-bond acceptors (Lipinski definition) is 2. The van der Waals surface area contributed by atoms with E-state index in [9.17, 15) is 13.2 Å². The van der Waals surface area contributed by atoms with Gasteiger partial charge >= 0.3 is 0 Å². The molecule has 0 heterocycles. The van der Waals surface area contributed by atoms with Crippen LogP contribution in [-0.4, -0.2) is 24.5 Å². The van der Waals surface area contributed by atoms with Crippen molar-refractivity contribution in [3.05, 3.63) is 35.1 Å². The fourth-order valence-electron chi connectivity index (χ4n) is 1.66. The van der Waals surface area contributed by atoms with E-state index in [0.717, 1.165) is 12.1 Å². The monoisotopic (exact) mass is 246 g/mol. The molecule has 1 aromatic carbocycles. The number of rotatable bonds is 4. The molecule has 0 saturated carbocycles. The average molecular weight is 246 g/mol. The van der Waals surface area contributed by atoms with E-state index in [0.29, 0.717) is 5.56 Å². The lowest BCUT2D eigenvalue weighted by Gasteiger charge is -2.30. The molecule has 0 aliphatic heterocycles.